The van der Waals surface area contributed by atoms with Crippen LogP contribution in [0, 0.1) is 5.92 Å². The van der Waals surface area contributed by atoms with Gasteiger partial charge in [-0.05, 0) is 57.6 Å². The molecule has 5 heteroatoms. The summed E-state index contributed by atoms with van der Waals surface area (Å²) in [5.74, 6) is 0.456. The summed E-state index contributed by atoms with van der Waals surface area (Å²) in [7, 11) is -3.27. The summed E-state index contributed by atoms with van der Waals surface area (Å²) in [4.78, 5) is 11.7. The summed E-state index contributed by atoms with van der Waals surface area (Å²) in [6, 6.07) is 8.57. The minimum atomic E-state index is -3.27. The molecule has 1 fully saturated rings. The molecule has 1 N–H and O–H groups in total. The molecule has 0 heterocycles. The Labute approximate surface area is 145 Å². The fraction of sp³-hybridized carbons (Fsp3) is 0.526. The third-order valence-electron chi connectivity index (χ3n) is 4.94. The summed E-state index contributed by atoms with van der Waals surface area (Å²) in [6.07, 6.45) is 5.66. The molecule has 1 amide bonds. The normalized spacial score (nSPS) is 25.3. The maximum Gasteiger partial charge on any atom is 0.217 e. The number of carbonyl (C=O) groups is 1. The van der Waals surface area contributed by atoms with E-state index in [-0.39, 0.29) is 17.2 Å². The van der Waals surface area contributed by atoms with Crippen LogP contribution in [0.2, 0.25) is 0 Å². The molecule has 0 bridgehead atoms. The number of benzene rings is 1. The summed E-state index contributed by atoms with van der Waals surface area (Å²) in [6.45, 7) is 5.66. The van der Waals surface area contributed by atoms with Crippen LogP contribution < -0.4 is 5.32 Å². The van der Waals surface area contributed by atoms with Crippen molar-refractivity contribution in [1.29, 1.82) is 0 Å². The first-order valence-electron chi connectivity index (χ1n) is 8.45. The largest absolute Gasteiger partial charge is 0.351 e. The lowest BCUT2D eigenvalue weighted by molar-refractivity contribution is -0.121. The topological polar surface area (TPSA) is 63.2 Å². The van der Waals surface area contributed by atoms with E-state index in [1.54, 1.807) is 31.2 Å². The van der Waals surface area contributed by atoms with E-state index in [1.807, 2.05) is 19.1 Å². The molecule has 24 heavy (non-hydrogen) atoms. The van der Waals surface area contributed by atoms with Gasteiger partial charge in [0, 0.05) is 12.5 Å². The molecule has 0 spiro atoms. The molecular weight excluding hydrogens is 322 g/mol. The van der Waals surface area contributed by atoms with E-state index in [0.717, 1.165) is 31.3 Å². The standard InChI is InChI=1S/C19H27NO3S/c1-15(11-14-24(22,23)18-7-5-4-6-8-18)17-9-12-19(3,13-10-17)20-16(2)21/h4-8,11,17H,9-10,12-14H2,1-3H3,(H,20,21)/b15-11+. The van der Waals surface area contributed by atoms with Gasteiger partial charge in [-0.2, -0.15) is 0 Å². The zero-order valence-corrected chi connectivity index (χ0v) is 15.5. The average Bonchev–Trinajstić information content (AvgIpc) is 2.53. The Hall–Kier alpha value is -1.62. The van der Waals surface area contributed by atoms with Gasteiger partial charge in [-0.1, -0.05) is 29.8 Å². The SMILES string of the molecule is CC(=O)NC1(C)CCC(/C(C)=C/CS(=O)(=O)c2ccccc2)CC1. The molecule has 1 aromatic carbocycles. The van der Waals surface area contributed by atoms with Crippen LogP contribution in [0.25, 0.3) is 0 Å². The quantitative estimate of drug-likeness (QED) is 0.828. The Kier molecular flexibility index (Phi) is 5.86. The predicted molar refractivity (Wildman–Crippen MR) is 96.4 cm³/mol. The Morgan fingerprint density at radius 3 is 2.33 bits per heavy atom. The highest BCUT2D eigenvalue weighted by Crippen LogP contribution is 2.35. The molecular formula is C19H27NO3S. The van der Waals surface area contributed by atoms with E-state index in [0.29, 0.717) is 10.8 Å². The molecule has 0 aromatic heterocycles. The van der Waals surface area contributed by atoms with Crippen LogP contribution in [0.3, 0.4) is 0 Å². The molecule has 1 aliphatic rings. The third kappa shape index (κ3) is 4.94. The molecule has 0 unspecified atom stereocenters. The smallest absolute Gasteiger partial charge is 0.217 e. The molecule has 2 rings (SSSR count). The van der Waals surface area contributed by atoms with Crippen molar-refractivity contribution < 1.29 is 13.2 Å². The zero-order valence-electron chi connectivity index (χ0n) is 14.7. The van der Waals surface area contributed by atoms with Gasteiger partial charge in [0.25, 0.3) is 0 Å². The fourth-order valence-corrected chi connectivity index (χ4v) is 4.64. The molecule has 0 atom stereocenters. The second-order valence-electron chi connectivity index (χ2n) is 7.06. The van der Waals surface area contributed by atoms with Gasteiger partial charge in [-0.15, -0.1) is 0 Å². The number of nitrogens with one attached hydrogen (secondary N) is 1. The molecule has 1 saturated carbocycles. The zero-order chi connectivity index (χ0) is 17.8. The van der Waals surface area contributed by atoms with Crippen LogP contribution in [0.15, 0.2) is 46.9 Å². The van der Waals surface area contributed by atoms with Gasteiger partial charge in [0.1, 0.15) is 0 Å². The highest BCUT2D eigenvalue weighted by molar-refractivity contribution is 7.91. The van der Waals surface area contributed by atoms with Crippen molar-refractivity contribution in [2.75, 3.05) is 5.75 Å². The van der Waals surface area contributed by atoms with Gasteiger partial charge < -0.3 is 5.32 Å². The van der Waals surface area contributed by atoms with Gasteiger partial charge in [0.15, 0.2) is 9.84 Å². The fourth-order valence-electron chi connectivity index (χ4n) is 3.39. The van der Waals surface area contributed by atoms with Crippen molar-refractivity contribution >= 4 is 15.7 Å². The lowest BCUT2D eigenvalue weighted by Gasteiger charge is -2.38. The highest BCUT2D eigenvalue weighted by atomic mass is 32.2. The van der Waals surface area contributed by atoms with E-state index in [2.05, 4.69) is 12.2 Å². The van der Waals surface area contributed by atoms with Gasteiger partial charge in [-0.25, -0.2) is 8.42 Å². The second kappa shape index (κ2) is 7.51. The van der Waals surface area contributed by atoms with Crippen LogP contribution in [0.1, 0.15) is 46.5 Å². The van der Waals surface area contributed by atoms with Crippen molar-refractivity contribution in [3.05, 3.63) is 42.0 Å². The first kappa shape index (κ1) is 18.7. The Bertz CT molecular complexity index is 699. The number of sulfone groups is 1. The maximum absolute atomic E-state index is 12.4. The monoisotopic (exact) mass is 349 g/mol. The van der Waals surface area contributed by atoms with E-state index >= 15 is 0 Å². The lowest BCUT2D eigenvalue weighted by Crippen LogP contribution is -2.47. The summed E-state index contributed by atoms with van der Waals surface area (Å²) < 4.78 is 24.7. The van der Waals surface area contributed by atoms with Gasteiger partial charge >= 0.3 is 0 Å². The minimum absolute atomic E-state index is 0.0113. The second-order valence-corrected chi connectivity index (χ2v) is 9.09. The van der Waals surface area contributed by atoms with Gasteiger partial charge in [-0.3, -0.25) is 4.79 Å². The summed E-state index contributed by atoms with van der Waals surface area (Å²) >= 11 is 0. The lowest BCUT2D eigenvalue weighted by atomic mass is 9.75. The minimum Gasteiger partial charge on any atom is -0.351 e. The molecule has 132 valence electrons. The van der Waals surface area contributed by atoms with E-state index in [1.165, 1.54) is 0 Å². The number of rotatable bonds is 5. The molecule has 4 nitrogen and oxygen atoms in total. The number of amides is 1. The Morgan fingerprint density at radius 2 is 1.79 bits per heavy atom. The Morgan fingerprint density at radius 1 is 1.21 bits per heavy atom. The average molecular weight is 349 g/mol. The number of allylic oxidation sites excluding steroid dienone is 1. The van der Waals surface area contributed by atoms with Crippen molar-refractivity contribution in [2.45, 2.75) is 56.9 Å². The maximum atomic E-state index is 12.4. The number of hydrogen-bond acceptors (Lipinski definition) is 3. The van der Waals surface area contributed by atoms with E-state index in [4.69, 9.17) is 0 Å². The Balaban J connectivity index is 1.97. The molecule has 0 aliphatic heterocycles. The van der Waals surface area contributed by atoms with Crippen LogP contribution in [0.4, 0.5) is 0 Å². The van der Waals surface area contributed by atoms with Gasteiger partial charge in [0.05, 0.1) is 10.6 Å². The molecule has 0 saturated heterocycles. The van der Waals surface area contributed by atoms with E-state index in [9.17, 15) is 13.2 Å². The van der Waals surface area contributed by atoms with Crippen molar-refractivity contribution in [3.8, 4) is 0 Å². The predicted octanol–water partition coefficient (Wildman–Crippen LogP) is 3.49. The van der Waals surface area contributed by atoms with Crippen molar-refractivity contribution in [2.24, 2.45) is 5.92 Å². The van der Waals surface area contributed by atoms with Crippen LogP contribution >= 0.6 is 0 Å². The summed E-state index contributed by atoms with van der Waals surface area (Å²) in [5.41, 5.74) is 1.01. The molecule has 1 aliphatic carbocycles. The van der Waals surface area contributed by atoms with E-state index < -0.39 is 9.84 Å². The van der Waals surface area contributed by atoms with Gasteiger partial charge in [0.2, 0.25) is 5.91 Å². The van der Waals surface area contributed by atoms with Crippen molar-refractivity contribution in [1.82, 2.24) is 5.32 Å². The highest BCUT2D eigenvalue weighted by Gasteiger charge is 2.32. The number of hydrogen-bond donors (Lipinski definition) is 1. The van der Waals surface area contributed by atoms with Crippen LogP contribution in [0.5, 0.6) is 0 Å². The van der Waals surface area contributed by atoms with Crippen molar-refractivity contribution in [3.63, 3.8) is 0 Å². The third-order valence-corrected chi connectivity index (χ3v) is 6.53. The first-order chi connectivity index (χ1) is 11.2. The number of carbonyl (C=O) groups excluding carboxylic acids is 1. The molecule has 0 radical (unpaired) electrons. The molecule has 1 aromatic rings. The summed E-state index contributed by atoms with van der Waals surface area (Å²) in [5, 5.41) is 3.04. The van der Waals surface area contributed by atoms with Crippen LogP contribution in [-0.2, 0) is 14.6 Å². The van der Waals surface area contributed by atoms with Crippen LogP contribution in [-0.4, -0.2) is 25.6 Å². The first-order valence-corrected chi connectivity index (χ1v) is 10.1.